The summed E-state index contributed by atoms with van der Waals surface area (Å²) in [7, 11) is 0. The van der Waals surface area contributed by atoms with Crippen molar-refractivity contribution in [2.24, 2.45) is 0 Å². The highest BCUT2D eigenvalue weighted by atomic mass is 79.9. The molecule has 0 spiro atoms. The number of aliphatic hydroxyl groups is 1. The van der Waals surface area contributed by atoms with E-state index >= 15 is 0 Å². The third-order valence-electron chi connectivity index (χ3n) is 5.51. The summed E-state index contributed by atoms with van der Waals surface area (Å²) in [6.45, 7) is 0.761. The lowest BCUT2D eigenvalue weighted by molar-refractivity contribution is 0.103. The Morgan fingerprint density at radius 2 is 2.09 bits per heavy atom. The molecule has 2 unspecified atom stereocenters. The summed E-state index contributed by atoms with van der Waals surface area (Å²) in [6.07, 6.45) is 9.56. The number of terminal acetylenes is 1. The molecule has 2 aromatic carbocycles. The molecule has 4 rings (SSSR count). The van der Waals surface area contributed by atoms with E-state index in [1.165, 1.54) is 11.1 Å². The molecule has 1 aliphatic carbocycles. The molecular formula is C26H27BrN4O3. The van der Waals surface area contributed by atoms with Gasteiger partial charge < -0.3 is 25.2 Å². The average Bonchev–Trinajstić information content (AvgIpc) is 2.86. The van der Waals surface area contributed by atoms with Crippen LogP contribution in [0.3, 0.4) is 0 Å². The molecule has 3 N–H and O–H groups in total. The number of benzene rings is 2. The van der Waals surface area contributed by atoms with Gasteiger partial charge in [0.2, 0.25) is 11.8 Å². The largest absolute Gasteiger partial charge is 0.491 e. The molecule has 0 fully saturated rings. The number of hydrogen-bond acceptors (Lipinski definition) is 7. The molecule has 0 radical (unpaired) electrons. The smallest absolute Gasteiger partial charge is 0.233 e. The fourth-order valence-corrected chi connectivity index (χ4v) is 4.22. The van der Waals surface area contributed by atoms with E-state index in [1.54, 1.807) is 6.20 Å². The minimum atomic E-state index is -0.628. The summed E-state index contributed by atoms with van der Waals surface area (Å²) in [5, 5.41) is 17.1. The summed E-state index contributed by atoms with van der Waals surface area (Å²) in [4.78, 5) is 8.56. The fourth-order valence-electron chi connectivity index (χ4n) is 3.91. The lowest BCUT2D eigenvalue weighted by atomic mass is 9.88. The summed E-state index contributed by atoms with van der Waals surface area (Å²) in [5.41, 5.74) is 3.48. The molecule has 2 atom stereocenters. The normalized spacial score (nSPS) is 15.6. The molecule has 0 aliphatic heterocycles. The van der Waals surface area contributed by atoms with Crippen LogP contribution in [0.25, 0.3) is 0 Å². The van der Waals surface area contributed by atoms with Crippen LogP contribution in [0.1, 0.15) is 30.0 Å². The molecule has 176 valence electrons. The molecule has 7 nitrogen and oxygen atoms in total. The average molecular weight is 523 g/mol. The van der Waals surface area contributed by atoms with Gasteiger partial charge in [0, 0.05) is 24.3 Å². The Bertz CT molecular complexity index is 1150. The first-order chi connectivity index (χ1) is 16.6. The highest BCUT2D eigenvalue weighted by Crippen LogP contribution is 2.29. The molecule has 0 amide bonds. The van der Waals surface area contributed by atoms with E-state index in [-0.39, 0.29) is 19.3 Å². The molecule has 1 aromatic heterocycles. The van der Waals surface area contributed by atoms with Crippen molar-refractivity contribution in [3.8, 4) is 24.0 Å². The highest BCUT2D eigenvalue weighted by Gasteiger charge is 2.20. The molecule has 0 saturated heterocycles. The minimum Gasteiger partial charge on any atom is -0.491 e. The topological polar surface area (TPSA) is 88.5 Å². The van der Waals surface area contributed by atoms with Gasteiger partial charge in [0.1, 0.15) is 18.5 Å². The molecule has 1 heterocycles. The molecule has 0 saturated carbocycles. The number of anilines is 2. The number of rotatable bonds is 10. The molecule has 1 aliphatic rings. The number of aryl methyl sites for hydroxylation is 1. The molecule has 8 heteroatoms. The summed E-state index contributed by atoms with van der Waals surface area (Å²) < 4.78 is 11.8. The lowest BCUT2D eigenvalue weighted by Crippen LogP contribution is -2.35. The van der Waals surface area contributed by atoms with E-state index in [9.17, 15) is 5.11 Å². The Hall–Kier alpha value is -3.12. The van der Waals surface area contributed by atoms with Crippen molar-refractivity contribution >= 4 is 27.6 Å². The van der Waals surface area contributed by atoms with Crippen LogP contribution in [0, 0.1) is 12.3 Å². The van der Waals surface area contributed by atoms with E-state index in [0.717, 1.165) is 24.9 Å². The van der Waals surface area contributed by atoms with Crippen LogP contribution in [0.4, 0.5) is 11.6 Å². The maximum atomic E-state index is 10.5. The van der Waals surface area contributed by atoms with Gasteiger partial charge in [-0.2, -0.15) is 4.98 Å². The van der Waals surface area contributed by atoms with E-state index < -0.39 is 6.10 Å². The second kappa shape index (κ2) is 11.8. The second-order valence-corrected chi connectivity index (χ2v) is 8.86. The van der Waals surface area contributed by atoms with Crippen LogP contribution in [-0.4, -0.2) is 40.9 Å². The maximum Gasteiger partial charge on any atom is 0.233 e. The quantitative estimate of drug-likeness (QED) is 0.340. The van der Waals surface area contributed by atoms with Crippen LogP contribution in [0.5, 0.6) is 11.6 Å². The number of aliphatic hydroxyl groups excluding tert-OH is 1. The van der Waals surface area contributed by atoms with Gasteiger partial charge in [-0.05, 0) is 58.5 Å². The maximum absolute atomic E-state index is 10.5. The van der Waals surface area contributed by atoms with Gasteiger partial charge >= 0.3 is 0 Å². The van der Waals surface area contributed by atoms with E-state index in [2.05, 4.69) is 66.7 Å². The summed E-state index contributed by atoms with van der Waals surface area (Å²) in [6, 6.07) is 16.2. The summed E-state index contributed by atoms with van der Waals surface area (Å²) in [5.74, 6) is 3.77. The molecule has 0 bridgehead atoms. The van der Waals surface area contributed by atoms with Crippen molar-refractivity contribution in [2.75, 3.05) is 25.1 Å². The van der Waals surface area contributed by atoms with Crippen molar-refractivity contribution < 1.29 is 14.6 Å². The lowest BCUT2D eigenvalue weighted by Gasteiger charge is -2.27. The van der Waals surface area contributed by atoms with Gasteiger partial charge in [-0.25, -0.2) is 4.98 Å². The predicted octanol–water partition coefficient (Wildman–Crippen LogP) is 4.40. The van der Waals surface area contributed by atoms with Crippen molar-refractivity contribution in [3.63, 3.8) is 0 Å². The van der Waals surface area contributed by atoms with E-state index in [4.69, 9.17) is 15.9 Å². The third-order valence-corrected chi connectivity index (χ3v) is 6.05. The Morgan fingerprint density at radius 3 is 2.97 bits per heavy atom. The van der Waals surface area contributed by atoms with Crippen LogP contribution >= 0.6 is 15.9 Å². The van der Waals surface area contributed by atoms with E-state index in [0.29, 0.717) is 28.6 Å². The fraction of sp³-hybridized carbons (Fsp3) is 0.308. The van der Waals surface area contributed by atoms with E-state index in [1.807, 2.05) is 24.3 Å². The van der Waals surface area contributed by atoms with Crippen molar-refractivity contribution in [3.05, 3.63) is 70.3 Å². The summed E-state index contributed by atoms with van der Waals surface area (Å²) >= 11 is 3.34. The first kappa shape index (κ1) is 24.0. The van der Waals surface area contributed by atoms with Gasteiger partial charge in [0.25, 0.3) is 0 Å². The zero-order valence-electron chi connectivity index (χ0n) is 18.7. The monoisotopic (exact) mass is 522 g/mol. The number of fused-ring (bicyclic) bond motifs is 1. The van der Waals surface area contributed by atoms with Crippen molar-refractivity contribution in [1.29, 1.82) is 0 Å². The number of aromatic nitrogens is 2. The third kappa shape index (κ3) is 6.48. The van der Waals surface area contributed by atoms with Gasteiger partial charge in [-0.3, -0.25) is 0 Å². The van der Waals surface area contributed by atoms with Gasteiger partial charge in [-0.1, -0.05) is 36.3 Å². The Morgan fingerprint density at radius 1 is 1.21 bits per heavy atom. The SMILES string of the molecule is C#CCOc1nc(Nc2cccc(OCC(O)CNC3CCCc4ccccc43)c2)ncc1Br. The second-order valence-electron chi connectivity index (χ2n) is 8.01. The van der Waals surface area contributed by atoms with Crippen LogP contribution in [0.2, 0.25) is 0 Å². The van der Waals surface area contributed by atoms with Gasteiger partial charge in [-0.15, -0.1) is 6.42 Å². The van der Waals surface area contributed by atoms with Gasteiger partial charge in [0.15, 0.2) is 6.61 Å². The molecular weight excluding hydrogens is 496 g/mol. The van der Waals surface area contributed by atoms with Crippen LogP contribution < -0.4 is 20.1 Å². The number of ether oxygens (including phenoxy) is 2. The first-order valence-electron chi connectivity index (χ1n) is 11.2. The zero-order chi connectivity index (χ0) is 23.8. The number of hydrogen-bond donors (Lipinski definition) is 3. The first-order valence-corrected chi connectivity index (χ1v) is 12.0. The Labute approximate surface area is 208 Å². The van der Waals surface area contributed by atoms with Crippen LogP contribution in [0.15, 0.2) is 59.2 Å². The Balaban J connectivity index is 1.29. The van der Waals surface area contributed by atoms with Gasteiger partial charge in [0.05, 0.1) is 10.7 Å². The number of nitrogens with one attached hydrogen (secondary N) is 2. The number of halogens is 1. The zero-order valence-corrected chi connectivity index (χ0v) is 20.3. The standard InChI is InChI=1S/C26H27BrN4O3/c1-2-13-33-25-23(27)16-29-26(31-25)30-19-9-6-10-21(14-19)34-17-20(32)15-28-24-12-5-8-18-7-3-4-11-22(18)24/h1,3-4,6-7,9-11,14,16,20,24,28,32H,5,8,12-13,15,17H2,(H,29,30,31). The predicted molar refractivity (Wildman–Crippen MR) is 135 cm³/mol. The molecule has 3 aromatic rings. The minimum absolute atomic E-state index is 0.114. The number of nitrogens with zero attached hydrogens (tertiary/aromatic N) is 2. The highest BCUT2D eigenvalue weighted by molar-refractivity contribution is 9.10. The Kier molecular flexibility index (Phi) is 8.36. The van der Waals surface area contributed by atoms with Crippen molar-refractivity contribution in [1.82, 2.24) is 15.3 Å². The van der Waals surface area contributed by atoms with Crippen LogP contribution in [-0.2, 0) is 6.42 Å². The molecule has 34 heavy (non-hydrogen) atoms. The van der Waals surface area contributed by atoms with Crippen molar-refractivity contribution in [2.45, 2.75) is 31.4 Å².